The molecule has 0 atom stereocenters. The summed E-state index contributed by atoms with van der Waals surface area (Å²) in [5.74, 6) is 0.476. The molecule has 0 fully saturated rings. The smallest absolute Gasteiger partial charge is 0.135 e. The van der Waals surface area contributed by atoms with Gasteiger partial charge in [0.15, 0.2) is 0 Å². The molecule has 0 amide bonds. The van der Waals surface area contributed by atoms with Crippen molar-refractivity contribution in [1.29, 1.82) is 0 Å². The molecule has 0 aromatic rings. The maximum Gasteiger partial charge on any atom is 0.135 e. The van der Waals surface area contributed by atoms with E-state index in [-0.39, 0.29) is 5.78 Å². The van der Waals surface area contributed by atoms with Gasteiger partial charge < -0.3 is 5.73 Å². The van der Waals surface area contributed by atoms with Gasteiger partial charge in [0.25, 0.3) is 0 Å². The summed E-state index contributed by atoms with van der Waals surface area (Å²) in [6.45, 7) is 4.90. The van der Waals surface area contributed by atoms with Crippen molar-refractivity contribution in [1.82, 2.24) is 0 Å². The molecule has 4 nitrogen and oxygen atoms in total. The third kappa shape index (κ3) is 6.70. The number of carbonyl (C=O) groups is 1. The number of ketones is 1. The zero-order chi connectivity index (χ0) is 8.85. The first kappa shape index (κ1) is 9.81. The summed E-state index contributed by atoms with van der Waals surface area (Å²) in [5, 5.41) is 7.33. The first-order valence-corrected chi connectivity index (χ1v) is 3.35. The van der Waals surface area contributed by atoms with Crippen LogP contribution in [0.25, 0.3) is 0 Å². The van der Waals surface area contributed by atoms with Crippen LogP contribution >= 0.6 is 0 Å². The number of amidine groups is 1. The molecule has 0 heterocycles. The topological polar surface area (TPSA) is 67.8 Å². The van der Waals surface area contributed by atoms with Crippen LogP contribution in [0, 0.1) is 0 Å². The summed E-state index contributed by atoms with van der Waals surface area (Å²) >= 11 is 0. The Morgan fingerprint density at radius 3 is 2.18 bits per heavy atom. The van der Waals surface area contributed by atoms with E-state index >= 15 is 0 Å². The molecule has 0 saturated heterocycles. The van der Waals surface area contributed by atoms with Gasteiger partial charge in [-0.3, -0.25) is 4.79 Å². The van der Waals surface area contributed by atoms with Crippen LogP contribution in [0.15, 0.2) is 10.2 Å². The molecule has 0 aliphatic carbocycles. The normalized spacial score (nSPS) is 13.4. The van der Waals surface area contributed by atoms with Gasteiger partial charge in [0, 0.05) is 12.1 Å². The van der Waals surface area contributed by atoms with E-state index in [2.05, 4.69) is 10.2 Å². The third-order valence-electron chi connectivity index (χ3n) is 0.883. The molecule has 11 heavy (non-hydrogen) atoms. The SMILES string of the molecule is CC(=O)CC(C)=NN=C(C)N. The first-order valence-electron chi connectivity index (χ1n) is 3.35. The van der Waals surface area contributed by atoms with Crippen LogP contribution in [-0.4, -0.2) is 17.3 Å². The van der Waals surface area contributed by atoms with E-state index < -0.39 is 0 Å². The van der Waals surface area contributed by atoms with Gasteiger partial charge in [0.2, 0.25) is 0 Å². The fourth-order valence-electron chi connectivity index (χ4n) is 0.560. The molecular formula is C7H13N3O. The predicted octanol–water partition coefficient (Wildman–Crippen LogP) is 0.718. The van der Waals surface area contributed by atoms with Crippen LogP contribution in [-0.2, 0) is 4.79 Å². The van der Waals surface area contributed by atoms with E-state index in [0.29, 0.717) is 18.0 Å². The molecule has 0 bridgehead atoms. The largest absolute Gasteiger partial charge is 0.386 e. The molecule has 0 unspecified atom stereocenters. The van der Waals surface area contributed by atoms with Crippen molar-refractivity contribution < 1.29 is 4.79 Å². The van der Waals surface area contributed by atoms with Gasteiger partial charge in [-0.05, 0) is 20.8 Å². The van der Waals surface area contributed by atoms with E-state index in [0.717, 1.165) is 0 Å². The zero-order valence-electron chi connectivity index (χ0n) is 7.09. The van der Waals surface area contributed by atoms with Gasteiger partial charge in [-0.25, -0.2) is 0 Å². The average molecular weight is 155 g/mol. The van der Waals surface area contributed by atoms with E-state index in [9.17, 15) is 4.79 Å². The molecule has 0 aliphatic rings. The van der Waals surface area contributed by atoms with Gasteiger partial charge in [-0.2, -0.15) is 5.10 Å². The number of carbonyl (C=O) groups excluding carboxylic acids is 1. The molecule has 62 valence electrons. The monoisotopic (exact) mass is 155 g/mol. The van der Waals surface area contributed by atoms with E-state index in [1.807, 2.05) is 0 Å². The van der Waals surface area contributed by atoms with Crippen LogP contribution in [0.2, 0.25) is 0 Å². The minimum atomic E-state index is 0.0797. The number of hydrogen-bond acceptors (Lipinski definition) is 3. The minimum absolute atomic E-state index is 0.0797. The fraction of sp³-hybridized carbons (Fsp3) is 0.571. The highest BCUT2D eigenvalue weighted by molar-refractivity contribution is 5.99. The molecule has 4 heteroatoms. The predicted molar refractivity (Wildman–Crippen MR) is 45.7 cm³/mol. The summed E-state index contributed by atoms with van der Waals surface area (Å²) in [6.07, 6.45) is 0.344. The van der Waals surface area contributed by atoms with Crippen LogP contribution < -0.4 is 5.73 Å². The van der Waals surface area contributed by atoms with Crippen molar-refractivity contribution in [2.45, 2.75) is 27.2 Å². The fourth-order valence-corrected chi connectivity index (χ4v) is 0.560. The van der Waals surface area contributed by atoms with Gasteiger partial charge in [0.05, 0.1) is 0 Å². The highest BCUT2D eigenvalue weighted by Crippen LogP contribution is 1.88. The van der Waals surface area contributed by atoms with Crippen LogP contribution in [0.3, 0.4) is 0 Å². The Balaban J connectivity index is 4.02. The lowest BCUT2D eigenvalue weighted by Crippen LogP contribution is -2.05. The van der Waals surface area contributed by atoms with E-state index in [1.54, 1.807) is 13.8 Å². The molecule has 0 radical (unpaired) electrons. The van der Waals surface area contributed by atoms with Crippen molar-refractivity contribution in [3.63, 3.8) is 0 Å². The third-order valence-corrected chi connectivity index (χ3v) is 0.883. The molecule has 0 spiro atoms. The van der Waals surface area contributed by atoms with Crippen molar-refractivity contribution in [2.75, 3.05) is 0 Å². The van der Waals surface area contributed by atoms with Gasteiger partial charge >= 0.3 is 0 Å². The highest BCUT2D eigenvalue weighted by atomic mass is 16.1. The maximum absolute atomic E-state index is 10.5. The summed E-state index contributed by atoms with van der Waals surface area (Å²) in [6, 6.07) is 0. The molecule has 0 aromatic heterocycles. The molecule has 0 aliphatic heterocycles. The average Bonchev–Trinajstić information content (AvgIpc) is 1.82. The number of nitrogens with zero attached hydrogens (tertiary/aromatic N) is 2. The molecule has 0 rings (SSSR count). The second-order valence-electron chi connectivity index (χ2n) is 2.46. The number of Topliss-reactive ketones (excluding diaryl/α,β-unsaturated/α-hetero) is 1. The zero-order valence-corrected chi connectivity index (χ0v) is 7.09. The van der Waals surface area contributed by atoms with Crippen molar-refractivity contribution >= 4 is 17.3 Å². The lowest BCUT2D eigenvalue weighted by Gasteiger charge is -1.91. The molecule has 2 N–H and O–H groups in total. The van der Waals surface area contributed by atoms with Crippen LogP contribution in [0.1, 0.15) is 27.2 Å². The Hall–Kier alpha value is -1.19. The maximum atomic E-state index is 10.5. The molecular weight excluding hydrogens is 142 g/mol. The Kier molecular flexibility index (Phi) is 4.10. The van der Waals surface area contributed by atoms with E-state index in [1.165, 1.54) is 6.92 Å². The van der Waals surface area contributed by atoms with Crippen LogP contribution in [0.5, 0.6) is 0 Å². The van der Waals surface area contributed by atoms with Crippen molar-refractivity contribution in [3.05, 3.63) is 0 Å². The van der Waals surface area contributed by atoms with Crippen molar-refractivity contribution in [2.24, 2.45) is 15.9 Å². The second-order valence-corrected chi connectivity index (χ2v) is 2.46. The Morgan fingerprint density at radius 2 is 1.82 bits per heavy atom. The minimum Gasteiger partial charge on any atom is -0.386 e. The first-order chi connectivity index (χ1) is 5.02. The Labute approximate surface area is 66.2 Å². The number of rotatable bonds is 3. The lowest BCUT2D eigenvalue weighted by atomic mass is 10.2. The van der Waals surface area contributed by atoms with Gasteiger partial charge in [-0.1, -0.05) is 0 Å². The van der Waals surface area contributed by atoms with Gasteiger partial charge in [0.1, 0.15) is 11.6 Å². The van der Waals surface area contributed by atoms with Crippen molar-refractivity contribution in [3.8, 4) is 0 Å². The summed E-state index contributed by atoms with van der Waals surface area (Å²) in [7, 11) is 0. The molecule has 0 aromatic carbocycles. The van der Waals surface area contributed by atoms with E-state index in [4.69, 9.17) is 5.73 Å². The molecule has 0 saturated carbocycles. The number of nitrogens with two attached hydrogens (primary N) is 1. The Bertz CT molecular complexity index is 202. The second kappa shape index (κ2) is 4.60. The van der Waals surface area contributed by atoms with Crippen LogP contribution in [0.4, 0.5) is 0 Å². The Morgan fingerprint density at radius 1 is 1.27 bits per heavy atom. The summed E-state index contributed by atoms with van der Waals surface area (Å²) in [5.41, 5.74) is 5.91. The quantitative estimate of drug-likeness (QED) is 0.370. The summed E-state index contributed by atoms with van der Waals surface area (Å²) in [4.78, 5) is 10.5. The lowest BCUT2D eigenvalue weighted by molar-refractivity contribution is -0.115. The standard InChI is InChI=1S/C7H13N3O/c1-5(4-6(2)11)9-10-7(3)8/h4H2,1-3H3,(H2,8,10). The van der Waals surface area contributed by atoms with Gasteiger partial charge in [-0.15, -0.1) is 5.10 Å². The highest BCUT2D eigenvalue weighted by Gasteiger charge is 1.95. The number of hydrogen-bond donors (Lipinski definition) is 1. The summed E-state index contributed by atoms with van der Waals surface area (Å²) < 4.78 is 0.